The van der Waals surface area contributed by atoms with Gasteiger partial charge in [-0.05, 0) is 42.8 Å². The van der Waals surface area contributed by atoms with E-state index in [0.29, 0.717) is 51.4 Å². The van der Waals surface area contributed by atoms with Gasteiger partial charge >= 0.3 is 6.18 Å². The number of halogens is 3. The Balaban J connectivity index is 1.32. The van der Waals surface area contributed by atoms with E-state index in [1.807, 2.05) is 28.0 Å². The molecule has 1 atom stereocenters. The highest BCUT2D eigenvalue weighted by molar-refractivity contribution is 5.76. The van der Waals surface area contributed by atoms with Crippen LogP contribution in [0.2, 0.25) is 0 Å². The first kappa shape index (κ1) is 25.2. The minimum Gasteiger partial charge on any atom is -0.497 e. The summed E-state index contributed by atoms with van der Waals surface area (Å²) in [5.41, 5.74) is 0.929. The summed E-state index contributed by atoms with van der Waals surface area (Å²) in [6.45, 7) is 6.14. The van der Waals surface area contributed by atoms with Crippen molar-refractivity contribution in [1.29, 1.82) is 0 Å². The summed E-state index contributed by atoms with van der Waals surface area (Å²) in [4.78, 5) is 18.9. The van der Waals surface area contributed by atoms with E-state index in [0.717, 1.165) is 36.1 Å². The van der Waals surface area contributed by atoms with Crippen LogP contribution < -0.4 is 14.4 Å². The number of methoxy groups -OCH3 is 1. The van der Waals surface area contributed by atoms with Crippen molar-refractivity contribution in [2.45, 2.75) is 38.6 Å². The Morgan fingerprint density at radius 1 is 1.11 bits per heavy atom. The molecule has 1 amide bonds. The fourth-order valence-corrected chi connectivity index (χ4v) is 4.62. The fourth-order valence-electron chi connectivity index (χ4n) is 4.62. The van der Waals surface area contributed by atoms with Crippen LogP contribution >= 0.6 is 0 Å². The third-order valence-corrected chi connectivity index (χ3v) is 6.69. The van der Waals surface area contributed by atoms with Crippen LogP contribution in [0.4, 0.5) is 18.9 Å². The number of nitrogens with zero attached hydrogens (tertiary/aromatic N) is 3. The number of carbonyl (C=O) groups excluding carboxylic acids is 1. The highest BCUT2D eigenvalue weighted by Gasteiger charge is 2.31. The molecule has 0 aliphatic carbocycles. The average molecular weight is 492 g/mol. The summed E-state index contributed by atoms with van der Waals surface area (Å²) in [7, 11) is 1.64. The maximum absolute atomic E-state index is 13.0. The van der Waals surface area contributed by atoms with Crippen molar-refractivity contribution >= 4 is 11.6 Å². The van der Waals surface area contributed by atoms with Gasteiger partial charge in [0.25, 0.3) is 0 Å². The van der Waals surface area contributed by atoms with E-state index in [2.05, 4.69) is 11.8 Å². The molecule has 4 rings (SSSR count). The van der Waals surface area contributed by atoms with Gasteiger partial charge in [-0.3, -0.25) is 9.69 Å². The van der Waals surface area contributed by atoms with Gasteiger partial charge in [-0.15, -0.1) is 0 Å². The lowest BCUT2D eigenvalue weighted by atomic mass is 10.1. The Kier molecular flexibility index (Phi) is 7.74. The topological polar surface area (TPSA) is 45.3 Å². The Morgan fingerprint density at radius 3 is 2.57 bits per heavy atom. The van der Waals surface area contributed by atoms with Crippen molar-refractivity contribution in [2.24, 2.45) is 0 Å². The minimum absolute atomic E-state index is 0.0516. The van der Waals surface area contributed by atoms with Gasteiger partial charge in [0.05, 0.1) is 12.7 Å². The third kappa shape index (κ3) is 6.20. The second-order valence-corrected chi connectivity index (χ2v) is 9.02. The van der Waals surface area contributed by atoms with Crippen molar-refractivity contribution < 1.29 is 27.4 Å². The summed E-state index contributed by atoms with van der Waals surface area (Å²) in [6, 6.07) is 11.2. The van der Waals surface area contributed by atoms with Gasteiger partial charge in [0.2, 0.25) is 5.91 Å². The van der Waals surface area contributed by atoms with Crippen LogP contribution in [0.5, 0.6) is 11.5 Å². The molecule has 0 radical (unpaired) electrons. The minimum atomic E-state index is -4.37. The molecule has 6 nitrogen and oxygen atoms in total. The number of benzene rings is 2. The van der Waals surface area contributed by atoms with Gasteiger partial charge in [-0.25, -0.2) is 0 Å². The monoisotopic (exact) mass is 491 g/mol. The Hall–Kier alpha value is -2.94. The predicted molar refractivity (Wildman–Crippen MR) is 128 cm³/mol. The highest BCUT2D eigenvalue weighted by atomic mass is 19.4. The molecular formula is C26H32F3N3O3. The zero-order valence-electron chi connectivity index (χ0n) is 20.2. The van der Waals surface area contributed by atoms with Gasteiger partial charge in [0.1, 0.15) is 17.6 Å². The Bertz CT molecular complexity index is 1020. The number of amides is 1. The molecule has 35 heavy (non-hydrogen) atoms. The zero-order chi connectivity index (χ0) is 25.0. The normalized spacial score (nSPS) is 19.1. The molecule has 1 fully saturated rings. The molecule has 0 bridgehead atoms. The summed E-state index contributed by atoms with van der Waals surface area (Å²) >= 11 is 0. The Labute approximate surface area is 204 Å². The summed E-state index contributed by atoms with van der Waals surface area (Å²) in [5.74, 6) is 1.70. The lowest BCUT2D eigenvalue weighted by Gasteiger charge is -2.36. The highest BCUT2D eigenvalue weighted by Crippen LogP contribution is 2.32. The number of carbonyl (C=O) groups is 1. The molecule has 2 aliphatic heterocycles. The molecule has 1 unspecified atom stereocenters. The van der Waals surface area contributed by atoms with Crippen molar-refractivity contribution in [3.05, 3.63) is 53.6 Å². The number of ether oxygens (including phenoxy) is 2. The molecule has 2 aromatic rings. The van der Waals surface area contributed by atoms with Crippen LogP contribution in [-0.2, 0) is 17.5 Å². The molecule has 2 aliphatic rings. The summed E-state index contributed by atoms with van der Waals surface area (Å²) < 4.78 is 50.7. The van der Waals surface area contributed by atoms with E-state index in [1.54, 1.807) is 13.2 Å². The van der Waals surface area contributed by atoms with Crippen molar-refractivity contribution in [3.63, 3.8) is 0 Å². The largest absolute Gasteiger partial charge is 0.497 e. The number of alkyl halides is 3. The van der Waals surface area contributed by atoms with Gasteiger partial charge in [0.15, 0.2) is 0 Å². The maximum Gasteiger partial charge on any atom is 0.416 e. The number of fused-ring (bicyclic) bond motifs is 1. The summed E-state index contributed by atoms with van der Waals surface area (Å²) in [6.07, 6.45) is -3.06. The molecule has 0 N–H and O–H groups in total. The van der Waals surface area contributed by atoms with Crippen molar-refractivity contribution in [3.8, 4) is 11.5 Å². The molecule has 9 heteroatoms. The van der Waals surface area contributed by atoms with Gasteiger partial charge in [-0.1, -0.05) is 13.0 Å². The number of piperazine rings is 1. The van der Waals surface area contributed by atoms with E-state index < -0.39 is 11.7 Å². The zero-order valence-corrected chi connectivity index (χ0v) is 20.2. The Morgan fingerprint density at radius 2 is 1.89 bits per heavy atom. The van der Waals surface area contributed by atoms with E-state index in [9.17, 15) is 18.0 Å². The quantitative estimate of drug-likeness (QED) is 0.599. The molecule has 2 heterocycles. The molecule has 1 saturated heterocycles. The molecule has 2 aromatic carbocycles. The van der Waals surface area contributed by atoms with E-state index >= 15 is 0 Å². The van der Waals surface area contributed by atoms with Crippen LogP contribution in [0.1, 0.15) is 30.9 Å². The number of rotatable bonds is 6. The van der Waals surface area contributed by atoms with Crippen molar-refractivity contribution in [1.82, 2.24) is 9.80 Å². The second kappa shape index (κ2) is 10.8. The van der Waals surface area contributed by atoms with Crippen LogP contribution in [0.15, 0.2) is 42.5 Å². The van der Waals surface area contributed by atoms with Crippen LogP contribution in [-0.4, -0.2) is 68.2 Å². The van der Waals surface area contributed by atoms with Gasteiger partial charge < -0.3 is 19.3 Å². The van der Waals surface area contributed by atoms with Gasteiger partial charge in [-0.2, -0.15) is 13.2 Å². The predicted octanol–water partition coefficient (Wildman–Crippen LogP) is 4.43. The van der Waals surface area contributed by atoms with Gasteiger partial charge in [0, 0.05) is 63.5 Å². The third-order valence-electron chi connectivity index (χ3n) is 6.69. The number of hydrogen-bond donors (Lipinski definition) is 0. The van der Waals surface area contributed by atoms with Crippen LogP contribution in [0.25, 0.3) is 0 Å². The number of anilines is 1. The average Bonchev–Trinajstić information content (AvgIpc) is 3.05. The maximum atomic E-state index is 13.0. The first-order valence-corrected chi connectivity index (χ1v) is 12.0. The lowest BCUT2D eigenvalue weighted by molar-refractivity contribution is -0.137. The SMILES string of the molecule is CCC1CN(CCC(=O)N2CCN(c3cccc(C(F)(F)F)c3)CC2)Cc2cc(OC)ccc2O1. The fraction of sp³-hybridized carbons (Fsp3) is 0.500. The lowest BCUT2D eigenvalue weighted by Crippen LogP contribution is -2.49. The van der Waals surface area contributed by atoms with Crippen LogP contribution in [0, 0.1) is 0 Å². The standard InChI is InChI=1S/C26H32F3N3O3/c1-3-22-18-30(17-19-15-23(34-2)7-8-24(19)35-22)10-9-25(33)32-13-11-31(12-14-32)21-6-4-5-20(16-21)26(27,28)29/h4-8,15-16,22H,3,9-14,17-18H2,1-2H3. The van der Waals surface area contributed by atoms with Crippen LogP contribution in [0.3, 0.4) is 0 Å². The van der Waals surface area contributed by atoms with Crippen molar-refractivity contribution in [2.75, 3.05) is 51.3 Å². The van der Waals surface area contributed by atoms with E-state index in [4.69, 9.17) is 9.47 Å². The molecule has 0 spiro atoms. The first-order valence-electron chi connectivity index (χ1n) is 12.0. The molecule has 0 aromatic heterocycles. The number of hydrogen-bond acceptors (Lipinski definition) is 5. The second-order valence-electron chi connectivity index (χ2n) is 9.02. The molecular weight excluding hydrogens is 459 g/mol. The van der Waals surface area contributed by atoms with E-state index in [-0.39, 0.29) is 12.0 Å². The molecule has 190 valence electrons. The summed E-state index contributed by atoms with van der Waals surface area (Å²) in [5, 5.41) is 0. The van der Waals surface area contributed by atoms with E-state index in [1.165, 1.54) is 12.1 Å². The smallest absolute Gasteiger partial charge is 0.416 e. The first-order chi connectivity index (χ1) is 16.8. The molecule has 0 saturated carbocycles.